The molecular formula is C22H23N3O2. The fourth-order valence-electron chi connectivity index (χ4n) is 2.52. The lowest BCUT2D eigenvalue weighted by Crippen LogP contribution is -2.14. The summed E-state index contributed by atoms with van der Waals surface area (Å²) in [4.78, 5) is 16.6. The van der Waals surface area contributed by atoms with Crippen LogP contribution in [0.3, 0.4) is 0 Å². The molecule has 0 radical (unpaired) electrons. The third-order valence-corrected chi connectivity index (χ3v) is 3.82. The number of carbonyl (C=O) groups excluding carboxylic acids is 1. The van der Waals surface area contributed by atoms with Crippen molar-refractivity contribution in [3.8, 4) is 5.75 Å². The van der Waals surface area contributed by atoms with Crippen LogP contribution in [0.1, 0.15) is 29.9 Å². The summed E-state index contributed by atoms with van der Waals surface area (Å²) in [6.07, 6.45) is 1.78. The zero-order chi connectivity index (χ0) is 19.1. The minimum absolute atomic E-state index is 0.114. The zero-order valence-electron chi connectivity index (χ0n) is 15.5. The van der Waals surface area contributed by atoms with Gasteiger partial charge in [-0.2, -0.15) is 0 Å². The molecule has 1 amide bonds. The predicted molar refractivity (Wildman–Crippen MR) is 108 cm³/mol. The van der Waals surface area contributed by atoms with E-state index in [1.165, 1.54) is 5.56 Å². The number of ether oxygens (including phenoxy) is 1. The molecule has 3 rings (SSSR count). The molecule has 0 unspecified atom stereocenters. The van der Waals surface area contributed by atoms with Crippen LogP contribution in [0.2, 0.25) is 0 Å². The molecule has 138 valence electrons. The molecule has 0 aliphatic rings. The maximum Gasteiger partial charge on any atom is 0.274 e. The van der Waals surface area contributed by atoms with E-state index in [9.17, 15) is 4.79 Å². The van der Waals surface area contributed by atoms with Gasteiger partial charge in [0.2, 0.25) is 0 Å². The number of hydrogen-bond donors (Lipinski definition) is 2. The largest absolute Gasteiger partial charge is 0.491 e. The Hall–Kier alpha value is -3.34. The fraction of sp³-hybridized carbons (Fsp3) is 0.182. The lowest BCUT2D eigenvalue weighted by molar-refractivity contribution is 0.102. The molecule has 0 aliphatic heterocycles. The topological polar surface area (TPSA) is 63.2 Å². The first-order valence-corrected chi connectivity index (χ1v) is 8.92. The normalized spacial score (nSPS) is 10.5. The van der Waals surface area contributed by atoms with Crippen molar-refractivity contribution in [1.29, 1.82) is 0 Å². The summed E-state index contributed by atoms with van der Waals surface area (Å²) in [6.45, 7) is 4.65. The first-order valence-electron chi connectivity index (χ1n) is 8.92. The number of hydrogen-bond acceptors (Lipinski definition) is 4. The van der Waals surface area contributed by atoms with Crippen LogP contribution >= 0.6 is 0 Å². The van der Waals surface area contributed by atoms with Gasteiger partial charge in [-0.25, -0.2) is 4.98 Å². The van der Waals surface area contributed by atoms with Gasteiger partial charge in [-0.3, -0.25) is 4.79 Å². The first kappa shape index (κ1) is 18.5. The average molecular weight is 361 g/mol. The molecule has 0 spiro atoms. The molecule has 5 heteroatoms. The smallest absolute Gasteiger partial charge is 0.274 e. The Morgan fingerprint density at radius 2 is 1.67 bits per heavy atom. The molecule has 0 saturated heterocycles. The van der Waals surface area contributed by atoms with Gasteiger partial charge >= 0.3 is 0 Å². The summed E-state index contributed by atoms with van der Waals surface area (Å²) in [5.41, 5.74) is 3.11. The van der Waals surface area contributed by atoms with Crippen LogP contribution in [0.25, 0.3) is 0 Å². The third-order valence-electron chi connectivity index (χ3n) is 3.82. The Labute approximate surface area is 159 Å². The number of nitrogens with one attached hydrogen (secondary N) is 2. The van der Waals surface area contributed by atoms with Crippen molar-refractivity contribution in [2.75, 3.05) is 10.6 Å². The van der Waals surface area contributed by atoms with E-state index < -0.39 is 0 Å². The SMILES string of the molecule is CC(C)Oc1ccc(NC(=O)c2ccc(NCc3ccccc3)cn2)cc1. The Balaban J connectivity index is 1.55. The number of nitrogens with zero attached hydrogens (tertiary/aromatic N) is 1. The summed E-state index contributed by atoms with van der Waals surface area (Å²) in [5.74, 6) is 0.525. The number of aromatic nitrogens is 1. The van der Waals surface area contributed by atoms with Crippen LogP contribution in [0.5, 0.6) is 5.75 Å². The maximum absolute atomic E-state index is 12.3. The van der Waals surface area contributed by atoms with Crippen LogP contribution in [0.15, 0.2) is 72.9 Å². The van der Waals surface area contributed by atoms with Gasteiger partial charge in [0.1, 0.15) is 11.4 Å². The highest BCUT2D eigenvalue weighted by Crippen LogP contribution is 2.17. The number of amides is 1. The highest BCUT2D eigenvalue weighted by atomic mass is 16.5. The zero-order valence-corrected chi connectivity index (χ0v) is 15.5. The van der Waals surface area contributed by atoms with Crippen LogP contribution in [-0.2, 0) is 6.54 Å². The minimum Gasteiger partial charge on any atom is -0.491 e. The molecule has 1 aromatic heterocycles. The Morgan fingerprint density at radius 3 is 2.30 bits per heavy atom. The van der Waals surface area contributed by atoms with Gasteiger partial charge in [0.25, 0.3) is 5.91 Å². The molecule has 0 bridgehead atoms. The highest BCUT2D eigenvalue weighted by Gasteiger charge is 2.08. The van der Waals surface area contributed by atoms with Crippen LogP contribution in [-0.4, -0.2) is 17.0 Å². The van der Waals surface area contributed by atoms with Gasteiger partial charge in [-0.15, -0.1) is 0 Å². The molecule has 1 heterocycles. The number of rotatable bonds is 7. The van der Waals surface area contributed by atoms with Crippen molar-refractivity contribution >= 4 is 17.3 Å². The molecule has 5 nitrogen and oxygen atoms in total. The van der Waals surface area contributed by atoms with E-state index in [0.717, 1.165) is 11.4 Å². The van der Waals surface area contributed by atoms with Crippen molar-refractivity contribution < 1.29 is 9.53 Å². The predicted octanol–water partition coefficient (Wildman–Crippen LogP) is 4.73. The van der Waals surface area contributed by atoms with Crippen LogP contribution in [0, 0.1) is 0 Å². The van der Waals surface area contributed by atoms with Gasteiger partial charge < -0.3 is 15.4 Å². The van der Waals surface area contributed by atoms with E-state index in [2.05, 4.69) is 27.8 Å². The Bertz CT molecular complexity index is 860. The van der Waals surface area contributed by atoms with Crippen molar-refractivity contribution in [1.82, 2.24) is 4.98 Å². The molecule has 0 saturated carbocycles. The summed E-state index contributed by atoms with van der Waals surface area (Å²) in [7, 11) is 0. The highest BCUT2D eigenvalue weighted by molar-refractivity contribution is 6.02. The molecule has 2 aromatic carbocycles. The van der Waals surface area contributed by atoms with Crippen molar-refractivity contribution in [3.05, 3.63) is 84.2 Å². The second-order valence-corrected chi connectivity index (χ2v) is 6.42. The lowest BCUT2D eigenvalue weighted by atomic mass is 10.2. The molecule has 27 heavy (non-hydrogen) atoms. The van der Waals surface area contributed by atoms with Gasteiger partial charge in [0, 0.05) is 12.2 Å². The van der Waals surface area contributed by atoms with Crippen LogP contribution < -0.4 is 15.4 Å². The van der Waals surface area contributed by atoms with E-state index in [1.54, 1.807) is 12.3 Å². The standard InChI is InChI=1S/C22H23N3O2/c1-16(2)27-20-11-8-18(9-12-20)25-22(26)21-13-10-19(15-24-21)23-14-17-6-4-3-5-7-17/h3-13,15-16,23H,14H2,1-2H3,(H,25,26). The number of anilines is 2. The van der Waals surface area contributed by atoms with Gasteiger partial charge in [0.05, 0.1) is 18.0 Å². The van der Waals surface area contributed by atoms with E-state index in [0.29, 0.717) is 17.9 Å². The number of carbonyl (C=O) groups is 1. The molecule has 2 N–H and O–H groups in total. The van der Waals surface area contributed by atoms with Crippen molar-refractivity contribution in [2.24, 2.45) is 0 Å². The monoisotopic (exact) mass is 361 g/mol. The minimum atomic E-state index is -0.248. The maximum atomic E-state index is 12.3. The average Bonchev–Trinajstić information content (AvgIpc) is 2.69. The molecular weight excluding hydrogens is 338 g/mol. The summed E-state index contributed by atoms with van der Waals surface area (Å²) in [6, 6.07) is 21.0. The second-order valence-electron chi connectivity index (χ2n) is 6.42. The summed E-state index contributed by atoms with van der Waals surface area (Å²) < 4.78 is 5.59. The second kappa shape index (κ2) is 8.85. The van der Waals surface area contributed by atoms with E-state index in [-0.39, 0.29) is 12.0 Å². The van der Waals surface area contributed by atoms with Crippen molar-refractivity contribution in [2.45, 2.75) is 26.5 Å². The van der Waals surface area contributed by atoms with Crippen LogP contribution in [0.4, 0.5) is 11.4 Å². The number of benzene rings is 2. The summed E-state index contributed by atoms with van der Waals surface area (Å²) in [5, 5.41) is 6.13. The van der Waals surface area contributed by atoms with Crippen molar-refractivity contribution in [3.63, 3.8) is 0 Å². The van der Waals surface area contributed by atoms with E-state index >= 15 is 0 Å². The van der Waals surface area contributed by atoms with E-state index in [1.807, 2.05) is 62.4 Å². The lowest BCUT2D eigenvalue weighted by Gasteiger charge is -2.11. The first-order chi connectivity index (χ1) is 13.1. The number of pyridine rings is 1. The Kier molecular flexibility index (Phi) is 6.05. The van der Waals surface area contributed by atoms with E-state index in [4.69, 9.17) is 4.74 Å². The van der Waals surface area contributed by atoms with Gasteiger partial charge in [0.15, 0.2) is 0 Å². The molecule has 0 aliphatic carbocycles. The fourth-order valence-corrected chi connectivity index (χ4v) is 2.52. The molecule has 3 aromatic rings. The van der Waals surface area contributed by atoms with Gasteiger partial charge in [-0.05, 0) is 55.8 Å². The summed E-state index contributed by atoms with van der Waals surface area (Å²) >= 11 is 0. The quantitative estimate of drug-likeness (QED) is 0.638. The molecule has 0 atom stereocenters. The van der Waals surface area contributed by atoms with Gasteiger partial charge in [-0.1, -0.05) is 30.3 Å². The third kappa shape index (κ3) is 5.57. The Morgan fingerprint density at radius 1 is 0.963 bits per heavy atom. The molecule has 0 fully saturated rings.